The SMILES string of the molecule is CCC(N)C(c1cnn(C)c1)N(CC(C)C)C(C)C. The van der Waals surface area contributed by atoms with Gasteiger partial charge in [0, 0.05) is 37.4 Å². The molecule has 0 amide bonds. The second-order valence-corrected chi connectivity index (χ2v) is 6.15. The molecule has 0 radical (unpaired) electrons. The summed E-state index contributed by atoms with van der Waals surface area (Å²) in [5.74, 6) is 0.630. The van der Waals surface area contributed by atoms with Crippen LogP contribution in [0.25, 0.3) is 0 Å². The van der Waals surface area contributed by atoms with Crippen molar-refractivity contribution < 1.29 is 0 Å². The van der Waals surface area contributed by atoms with Crippen LogP contribution in [0.4, 0.5) is 0 Å². The summed E-state index contributed by atoms with van der Waals surface area (Å²) in [5.41, 5.74) is 7.62. The molecule has 2 N–H and O–H groups in total. The lowest BCUT2D eigenvalue weighted by Crippen LogP contribution is -2.45. The van der Waals surface area contributed by atoms with E-state index in [9.17, 15) is 0 Å². The zero-order valence-corrected chi connectivity index (χ0v) is 13.3. The molecule has 2 atom stereocenters. The minimum Gasteiger partial charge on any atom is -0.326 e. The van der Waals surface area contributed by atoms with Gasteiger partial charge in [0.1, 0.15) is 0 Å². The molecule has 0 aliphatic carbocycles. The highest BCUT2D eigenvalue weighted by atomic mass is 15.3. The average Bonchev–Trinajstić information content (AvgIpc) is 2.73. The molecule has 4 heteroatoms. The maximum atomic E-state index is 6.39. The molecule has 1 aromatic rings. The highest BCUT2D eigenvalue weighted by Crippen LogP contribution is 2.27. The number of aryl methyl sites for hydroxylation is 1. The molecule has 1 heterocycles. The fourth-order valence-electron chi connectivity index (χ4n) is 2.57. The molecule has 0 spiro atoms. The van der Waals surface area contributed by atoms with Crippen molar-refractivity contribution in [3.8, 4) is 0 Å². The molecule has 0 aliphatic rings. The van der Waals surface area contributed by atoms with Crippen LogP contribution < -0.4 is 5.73 Å². The molecule has 1 aromatic heterocycles. The van der Waals surface area contributed by atoms with Crippen LogP contribution in [-0.4, -0.2) is 33.3 Å². The molecule has 2 unspecified atom stereocenters. The summed E-state index contributed by atoms with van der Waals surface area (Å²) in [6.07, 6.45) is 5.02. The highest BCUT2D eigenvalue weighted by molar-refractivity contribution is 5.14. The minimum atomic E-state index is 0.144. The van der Waals surface area contributed by atoms with Gasteiger partial charge < -0.3 is 5.73 Å². The van der Waals surface area contributed by atoms with Crippen molar-refractivity contribution in [1.29, 1.82) is 0 Å². The van der Waals surface area contributed by atoms with Gasteiger partial charge in [-0.3, -0.25) is 9.58 Å². The Morgan fingerprint density at radius 1 is 1.32 bits per heavy atom. The van der Waals surface area contributed by atoms with Gasteiger partial charge in [-0.1, -0.05) is 20.8 Å². The van der Waals surface area contributed by atoms with Gasteiger partial charge in [0.15, 0.2) is 0 Å². The molecule has 1 rings (SSSR count). The third kappa shape index (κ3) is 4.32. The molecule has 110 valence electrons. The summed E-state index contributed by atoms with van der Waals surface area (Å²) >= 11 is 0. The second kappa shape index (κ2) is 7.06. The Morgan fingerprint density at radius 3 is 2.32 bits per heavy atom. The van der Waals surface area contributed by atoms with Crippen LogP contribution >= 0.6 is 0 Å². The summed E-state index contributed by atoms with van der Waals surface area (Å²) in [4.78, 5) is 2.51. The quantitative estimate of drug-likeness (QED) is 0.825. The predicted octanol–water partition coefficient (Wildman–Crippen LogP) is 2.56. The Kier molecular flexibility index (Phi) is 6.01. The molecule has 0 saturated heterocycles. The first-order valence-electron chi connectivity index (χ1n) is 7.36. The summed E-state index contributed by atoms with van der Waals surface area (Å²) < 4.78 is 1.86. The third-order valence-corrected chi connectivity index (χ3v) is 3.54. The van der Waals surface area contributed by atoms with E-state index in [0.29, 0.717) is 12.0 Å². The third-order valence-electron chi connectivity index (χ3n) is 3.54. The number of hydrogen-bond donors (Lipinski definition) is 1. The van der Waals surface area contributed by atoms with Crippen molar-refractivity contribution in [1.82, 2.24) is 14.7 Å². The van der Waals surface area contributed by atoms with Gasteiger partial charge in [-0.15, -0.1) is 0 Å². The van der Waals surface area contributed by atoms with Crippen LogP contribution in [0.5, 0.6) is 0 Å². The minimum absolute atomic E-state index is 0.144. The molecule has 19 heavy (non-hydrogen) atoms. The lowest BCUT2D eigenvalue weighted by atomic mass is 9.96. The average molecular weight is 266 g/mol. The van der Waals surface area contributed by atoms with Crippen LogP contribution in [0.15, 0.2) is 12.4 Å². The van der Waals surface area contributed by atoms with E-state index in [1.165, 1.54) is 5.56 Å². The van der Waals surface area contributed by atoms with E-state index in [0.717, 1.165) is 13.0 Å². The topological polar surface area (TPSA) is 47.1 Å². The first-order valence-corrected chi connectivity index (χ1v) is 7.36. The van der Waals surface area contributed by atoms with E-state index >= 15 is 0 Å². The number of nitrogens with zero attached hydrogens (tertiary/aromatic N) is 3. The van der Waals surface area contributed by atoms with Crippen LogP contribution in [-0.2, 0) is 7.05 Å². The predicted molar refractivity (Wildman–Crippen MR) is 80.9 cm³/mol. The standard InChI is InChI=1S/C15H30N4/c1-7-14(16)15(13-8-17-18(6)10-13)19(12(4)5)9-11(2)3/h8,10-12,14-15H,7,9,16H2,1-6H3. The van der Waals surface area contributed by atoms with Gasteiger partial charge >= 0.3 is 0 Å². The van der Waals surface area contributed by atoms with Crippen molar-refractivity contribution >= 4 is 0 Å². The van der Waals surface area contributed by atoms with E-state index < -0.39 is 0 Å². The molecule has 0 bridgehead atoms. The van der Waals surface area contributed by atoms with Crippen molar-refractivity contribution in [3.63, 3.8) is 0 Å². The lowest BCUT2D eigenvalue weighted by molar-refractivity contribution is 0.114. The largest absolute Gasteiger partial charge is 0.326 e. The Hall–Kier alpha value is -0.870. The maximum absolute atomic E-state index is 6.39. The fourth-order valence-corrected chi connectivity index (χ4v) is 2.57. The number of hydrogen-bond acceptors (Lipinski definition) is 3. The monoisotopic (exact) mass is 266 g/mol. The Balaban J connectivity index is 3.06. The van der Waals surface area contributed by atoms with Gasteiger partial charge in [0.25, 0.3) is 0 Å². The van der Waals surface area contributed by atoms with Crippen molar-refractivity contribution in [3.05, 3.63) is 18.0 Å². The van der Waals surface area contributed by atoms with Gasteiger partial charge in [0.05, 0.1) is 12.2 Å². The zero-order chi connectivity index (χ0) is 14.6. The summed E-state index contributed by atoms with van der Waals surface area (Å²) in [7, 11) is 1.96. The van der Waals surface area contributed by atoms with Crippen molar-refractivity contribution in [2.45, 2.75) is 59.2 Å². The van der Waals surface area contributed by atoms with Crippen LogP contribution in [0, 0.1) is 5.92 Å². The molecule has 0 aromatic carbocycles. The molecule has 4 nitrogen and oxygen atoms in total. The molecule has 0 fully saturated rings. The number of aromatic nitrogens is 2. The second-order valence-electron chi connectivity index (χ2n) is 6.15. The summed E-state index contributed by atoms with van der Waals surface area (Å²) in [6.45, 7) is 12.2. The maximum Gasteiger partial charge on any atom is 0.0538 e. The van der Waals surface area contributed by atoms with Gasteiger partial charge in [-0.2, -0.15) is 5.10 Å². The van der Waals surface area contributed by atoms with Crippen molar-refractivity contribution in [2.24, 2.45) is 18.7 Å². The van der Waals surface area contributed by atoms with Crippen LogP contribution in [0.3, 0.4) is 0 Å². The van der Waals surface area contributed by atoms with E-state index in [4.69, 9.17) is 5.73 Å². The zero-order valence-electron chi connectivity index (χ0n) is 13.3. The highest BCUT2D eigenvalue weighted by Gasteiger charge is 2.29. The number of rotatable bonds is 7. The van der Waals surface area contributed by atoms with Gasteiger partial charge in [-0.05, 0) is 26.2 Å². The normalized spacial score (nSPS) is 15.5. The summed E-state index contributed by atoms with van der Waals surface area (Å²) in [6, 6.07) is 0.872. The van der Waals surface area contributed by atoms with Gasteiger partial charge in [0.2, 0.25) is 0 Å². The molecule has 0 aliphatic heterocycles. The molecular formula is C15H30N4. The van der Waals surface area contributed by atoms with E-state index in [-0.39, 0.29) is 12.1 Å². The first-order chi connectivity index (χ1) is 8.86. The van der Waals surface area contributed by atoms with E-state index in [1.807, 2.05) is 17.9 Å². The Morgan fingerprint density at radius 2 is 1.95 bits per heavy atom. The van der Waals surface area contributed by atoms with Gasteiger partial charge in [-0.25, -0.2) is 0 Å². The van der Waals surface area contributed by atoms with Crippen LogP contribution in [0.1, 0.15) is 52.6 Å². The molecule has 0 saturated carbocycles. The lowest BCUT2D eigenvalue weighted by Gasteiger charge is -2.38. The van der Waals surface area contributed by atoms with Crippen LogP contribution in [0.2, 0.25) is 0 Å². The van der Waals surface area contributed by atoms with Crippen molar-refractivity contribution in [2.75, 3.05) is 6.54 Å². The van der Waals surface area contributed by atoms with E-state index in [2.05, 4.69) is 50.8 Å². The smallest absolute Gasteiger partial charge is 0.0538 e. The number of nitrogens with two attached hydrogens (primary N) is 1. The first kappa shape index (κ1) is 16.2. The fraction of sp³-hybridized carbons (Fsp3) is 0.800. The summed E-state index contributed by atoms with van der Waals surface area (Å²) in [5, 5.41) is 4.31. The molecular weight excluding hydrogens is 236 g/mol. The Bertz CT molecular complexity index is 370. The van der Waals surface area contributed by atoms with E-state index in [1.54, 1.807) is 0 Å². The Labute approximate surface area is 118 Å².